The third kappa shape index (κ3) is 7.24. The lowest BCUT2D eigenvalue weighted by Gasteiger charge is -2.18. The molecular weight excluding hydrogens is 266 g/mol. The standard InChI is InChI=1S/C15H29N5O/c1-6-16-13-10-14(17-12(3)8-9-20(4)5)19-15(18-13)11-21-7-2/h10,12H,6-9,11H2,1-5H3,(H2,16,17,18,19). The number of nitrogens with zero attached hydrogens (tertiary/aromatic N) is 3. The first-order valence-corrected chi connectivity index (χ1v) is 7.66. The summed E-state index contributed by atoms with van der Waals surface area (Å²) in [6.45, 7) is 9.17. The normalized spacial score (nSPS) is 12.5. The van der Waals surface area contributed by atoms with Crippen molar-refractivity contribution < 1.29 is 4.74 Å². The molecule has 1 aromatic rings. The van der Waals surface area contributed by atoms with Crippen LogP contribution in [-0.2, 0) is 11.3 Å². The lowest BCUT2D eigenvalue weighted by molar-refractivity contribution is 0.128. The van der Waals surface area contributed by atoms with E-state index >= 15 is 0 Å². The van der Waals surface area contributed by atoms with Crippen LogP contribution < -0.4 is 10.6 Å². The van der Waals surface area contributed by atoms with E-state index in [9.17, 15) is 0 Å². The van der Waals surface area contributed by atoms with Gasteiger partial charge < -0.3 is 20.3 Å². The summed E-state index contributed by atoms with van der Waals surface area (Å²) < 4.78 is 5.40. The minimum atomic E-state index is 0.358. The topological polar surface area (TPSA) is 62.3 Å². The molecular formula is C15H29N5O. The highest BCUT2D eigenvalue weighted by Crippen LogP contribution is 2.14. The molecule has 0 spiro atoms. The zero-order chi connectivity index (χ0) is 15.7. The van der Waals surface area contributed by atoms with E-state index in [0.717, 1.165) is 31.1 Å². The van der Waals surface area contributed by atoms with Crippen LogP contribution in [0.5, 0.6) is 0 Å². The molecule has 1 rings (SSSR count). The minimum Gasteiger partial charge on any atom is -0.374 e. The molecule has 6 nitrogen and oxygen atoms in total. The van der Waals surface area contributed by atoms with Gasteiger partial charge in [0.05, 0.1) is 0 Å². The Bertz CT molecular complexity index is 411. The number of nitrogens with one attached hydrogen (secondary N) is 2. The number of rotatable bonds is 10. The smallest absolute Gasteiger partial charge is 0.158 e. The number of anilines is 2. The van der Waals surface area contributed by atoms with Crippen molar-refractivity contribution in [2.24, 2.45) is 0 Å². The van der Waals surface area contributed by atoms with E-state index in [1.54, 1.807) is 0 Å². The minimum absolute atomic E-state index is 0.358. The van der Waals surface area contributed by atoms with Crippen LogP contribution in [0.3, 0.4) is 0 Å². The molecule has 1 unspecified atom stereocenters. The van der Waals surface area contributed by atoms with E-state index < -0.39 is 0 Å². The van der Waals surface area contributed by atoms with Crippen LogP contribution >= 0.6 is 0 Å². The lowest BCUT2D eigenvalue weighted by atomic mass is 10.2. The summed E-state index contributed by atoms with van der Waals surface area (Å²) in [5.41, 5.74) is 0. The highest BCUT2D eigenvalue weighted by atomic mass is 16.5. The molecule has 0 bridgehead atoms. The first-order chi connectivity index (χ1) is 10.0. The van der Waals surface area contributed by atoms with E-state index in [2.05, 4.69) is 53.4 Å². The maximum absolute atomic E-state index is 5.40. The van der Waals surface area contributed by atoms with Gasteiger partial charge in [0.2, 0.25) is 0 Å². The molecule has 0 amide bonds. The average molecular weight is 295 g/mol. The predicted octanol–water partition coefficient (Wildman–Crippen LogP) is 2.20. The van der Waals surface area contributed by atoms with Crippen molar-refractivity contribution in [2.45, 2.75) is 39.8 Å². The van der Waals surface area contributed by atoms with Gasteiger partial charge in [-0.2, -0.15) is 0 Å². The summed E-state index contributed by atoms with van der Waals surface area (Å²) >= 11 is 0. The van der Waals surface area contributed by atoms with Crippen LogP contribution in [0.2, 0.25) is 0 Å². The molecule has 1 atom stereocenters. The Morgan fingerprint density at radius 3 is 2.57 bits per heavy atom. The summed E-state index contributed by atoms with van der Waals surface area (Å²) in [5.74, 6) is 2.39. The monoisotopic (exact) mass is 295 g/mol. The van der Waals surface area contributed by atoms with Crippen LogP contribution in [0.4, 0.5) is 11.6 Å². The third-order valence-corrected chi connectivity index (χ3v) is 2.97. The van der Waals surface area contributed by atoms with Gasteiger partial charge in [-0.15, -0.1) is 0 Å². The Hall–Kier alpha value is -1.40. The fourth-order valence-electron chi connectivity index (χ4n) is 1.88. The summed E-state index contributed by atoms with van der Waals surface area (Å²) in [6.07, 6.45) is 1.06. The molecule has 120 valence electrons. The van der Waals surface area contributed by atoms with Crippen molar-refractivity contribution in [2.75, 3.05) is 44.4 Å². The van der Waals surface area contributed by atoms with E-state index in [0.29, 0.717) is 25.1 Å². The molecule has 6 heteroatoms. The Kier molecular flexibility index (Phi) is 8.00. The molecule has 21 heavy (non-hydrogen) atoms. The maximum Gasteiger partial charge on any atom is 0.158 e. The van der Waals surface area contributed by atoms with Gasteiger partial charge in [-0.05, 0) is 47.8 Å². The molecule has 1 aromatic heterocycles. The molecule has 0 aliphatic carbocycles. The first kappa shape index (κ1) is 17.7. The Morgan fingerprint density at radius 1 is 1.24 bits per heavy atom. The molecule has 0 radical (unpaired) electrons. The van der Waals surface area contributed by atoms with Crippen LogP contribution in [0.15, 0.2) is 6.07 Å². The number of hydrogen-bond donors (Lipinski definition) is 2. The van der Waals surface area contributed by atoms with Crippen LogP contribution in [-0.4, -0.2) is 54.7 Å². The zero-order valence-electron chi connectivity index (χ0n) is 13.9. The SMILES string of the molecule is CCNc1cc(NC(C)CCN(C)C)nc(COCC)n1. The van der Waals surface area contributed by atoms with Gasteiger partial charge in [-0.25, -0.2) is 9.97 Å². The lowest BCUT2D eigenvalue weighted by Crippen LogP contribution is -2.23. The summed E-state index contributed by atoms with van der Waals surface area (Å²) in [4.78, 5) is 11.1. The Morgan fingerprint density at radius 2 is 1.95 bits per heavy atom. The van der Waals surface area contributed by atoms with Crippen molar-refractivity contribution in [1.29, 1.82) is 0 Å². The van der Waals surface area contributed by atoms with Gasteiger partial charge in [0, 0.05) is 25.3 Å². The van der Waals surface area contributed by atoms with Gasteiger partial charge in [0.25, 0.3) is 0 Å². The molecule has 0 saturated heterocycles. The number of aromatic nitrogens is 2. The quantitative estimate of drug-likeness (QED) is 0.690. The van der Waals surface area contributed by atoms with E-state index in [1.807, 2.05) is 13.0 Å². The second-order valence-electron chi connectivity index (χ2n) is 5.36. The van der Waals surface area contributed by atoms with Gasteiger partial charge in [0.1, 0.15) is 18.2 Å². The van der Waals surface area contributed by atoms with Crippen molar-refractivity contribution in [1.82, 2.24) is 14.9 Å². The second-order valence-corrected chi connectivity index (χ2v) is 5.36. The summed E-state index contributed by atoms with van der Waals surface area (Å²) in [5, 5.41) is 6.67. The van der Waals surface area contributed by atoms with Crippen molar-refractivity contribution in [3.05, 3.63) is 11.9 Å². The third-order valence-electron chi connectivity index (χ3n) is 2.97. The second kappa shape index (κ2) is 9.52. The highest BCUT2D eigenvalue weighted by molar-refractivity contribution is 5.47. The first-order valence-electron chi connectivity index (χ1n) is 7.66. The van der Waals surface area contributed by atoms with Crippen molar-refractivity contribution in [3.63, 3.8) is 0 Å². The fourth-order valence-corrected chi connectivity index (χ4v) is 1.88. The Labute approximate surface area is 128 Å². The summed E-state index contributed by atoms with van der Waals surface area (Å²) in [6, 6.07) is 2.31. The van der Waals surface area contributed by atoms with Gasteiger partial charge in [-0.1, -0.05) is 0 Å². The number of hydrogen-bond acceptors (Lipinski definition) is 6. The molecule has 0 aromatic carbocycles. The molecule has 0 saturated carbocycles. The molecule has 0 aliphatic heterocycles. The maximum atomic E-state index is 5.40. The van der Waals surface area contributed by atoms with Gasteiger partial charge in [0.15, 0.2) is 5.82 Å². The van der Waals surface area contributed by atoms with Crippen LogP contribution in [0.25, 0.3) is 0 Å². The molecule has 1 heterocycles. The predicted molar refractivity (Wildman–Crippen MR) is 87.8 cm³/mol. The average Bonchev–Trinajstić information content (AvgIpc) is 2.43. The summed E-state index contributed by atoms with van der Waals surface area (Å²) in [7, 11) is 4.17. The molecule has 0 fully saturated rings. The molecule has 2 N–H and O–H groups in total. The largest absolute Gasteiger partial charge is 0.374 e. The zero-order valence-corrected chi connectivity index (χ0v) is 13.9. The van der Waals surface area contributed by atoms with E-state index in [-0.39, 0.29) is 0 Å². The van der Waals surface area contributed by atoms with Crippen molar-refractivity contribution in [3.8, 4) is 0 Å². The number of ether oxygens (including phenoxy) is 1. The highest BCUT2D eigenvalue weighted by Gasteiger charge is 2.08. The van der Waals surface area contributed by atoms with E-state index in [4.69, 9.17) is 4.74 Å². The van der Waals surface area contributed by atoms with E-state index in [1.165, 1.54) is 0 Å². The van der Waals surface area contributed by atoms with Crippen LogP contribution in [0, 0.1) is 0 Å². The van der Waals surface area contributed by atoms with Gasteiger partial charge in [-0.3, -0.25) is 0 Å². The fraction of sp³-hybridized carbons (Fsp3) is 0.733. The Balaban J connectivity index is 2.71. The van der Waals surface area contributed by atoms with Crippen molar-refractivity contribution >= 4 is 11.6 Å². The van der Waals surface area contributed by atoms with Crippen LogP contribution in [0.1, 0.15) is 33.0 Å². The van der Waals surface area contributed by atoms with Gasteiger partial charge >= 0.3 is 0 Å². The molecule has 0 aliphatic rings.